The summed E-state index contributed by atoms with van der Waals surface area (Å²) in [6.45, 7) is 4.28. The molecule has 0 aromatic heterocycles. The first kappa shape index (κ1) is 15.5. The summed E-state index contributed by atoms with van der Waals surface area (Å²) < 4.78 is 5.48. The molecule has 1 nitrogen and oxygen atoms in total. The molecule has 2 saturated carbocycles. The van der Waals surface area contributed by atoms with Crippen LogP contribution >= 0.6 is 0 Å². The zero-order valence-electron chi connectivity index (χ0n) is 10.2. The molecule has 0 spiro atoms. The second-order valence-corrected chi connectivity index (χ2v) is 4.67. The standard InChI is InChI=1S/C10H13O.C5H5.Fe/c1-10(2)9(11-10)7-8-5-3-4-6-8;1-2-4-5-3-1;/h3-6,9H,7H2,1-2H3;1-5H;/q;;+2. The van der Waals surface area contributed by atoms with E-state index in [1.807, 2.05) is 32.1 Å². The van der Waals surface area contributed by atoms with Crippen LogP contribution in [0.5, 0.6) is 0 Å². The van der Waals surface area contributed by atoms with Crippen LogP contribution in [0.2, 0.25) is 0 Å². The number of rotatable bonds is 2. The Balaban J connectivity index is 0.000000205. The predicted octanol–water partition coefficient (Wildman–Crippen LogP) is 2.98. The molecule has 0 aromatic carbocycles. The fraction of sp³-hybridized carbons (Fsp3) is 0.333. The predicted molar refractivity (Wildman–Crippen MR) is 65.5 cm³/mol. The van der Waals surface area contributed by atoms with Gasteiger partial charge in [0.15, 0.2) is 0 Å². The minimum absolute atomic E-state index is 0. The first-order valence-corrected chi connectivity index (χ1v) is 5.73. The molecule has 10 radical (unpaired) electrons. The van der Waals surface area contributed by atoms with E-state index >= 15 is 0 Å². The van der Waals surface area contributed by atoms with Crippen LogP contribution in [0.3, 0.4) is 0 Å². The van der Waals surface area contributed by atoms with E-state index in [2.05, 4.69) is 39.5 Å². The largest absolute Gasteiger partial charge is 2.00 e. The average Bonchev–Trinajstić information content (AvgIpc) is 2.80. The maximum Gasteiger partial charge on any atom is 2.00 e. The van der Waals surface area contributed by atoms with E-state index in [0.29, 0.717) is 6.10 Å². The van der Waals surface area contributed by atoms with Crippen molar-refractivity contribution in [3.63, 3.8) is 0 Å². The molecule has 2 heteroatoms. The fourth-order valence-corrected chi connectivity index (χ4v) is 1.70. The number of ether oxygens (including phenoxy) is 1. The Hall–Kier alpha value is 0.479. The molecule has 3 aliphatic rings. The van der Waals surface area contributed by atoms with Crippen molar-refractivity contribution in [2.75, 3.05) is 0 Å². The van der Waals surface area contributed by atoms with Gasteiger partial charge in [0, 0.05) is 0 Å². The first-order valence-electron chi connectivity index (χ1n) is 5.73. The number of hydrogen-bond donors (Lipinski definition) is 0. The van der Waals surface area contributed by atoms with Gasteiger partial charge < -0.3 is 4.74 Å². The van der Waals surface area contributed by atoms with Crippen molar-refractivity contribution in [2.45, 2.75) is 32.0 Å². The molecule has 2 aliphatic carbocycles. The summed E-state index contributed by atoms with van der Waals surface area (Å²) in [5.41, 5.74) is 0.136. The van der Waals surface area contributed by atoms with Crippen molar-refractivity contribution < 1.29 is 21.8 Å². The van der Waals surface area contributed by atoms with Crippen molar-refractivity contribution in [1.82, 2.24) is 0 Å². The van der Waals surface area contributed by atoms with Crippen molar-refractivity contribution in [3.8, 4) is 0 Å². The van der Waals surface area contributed by atoms with Gasteiger partial charge in [0.25, 0.3) is 0 Å². The van der Waals surface area contributed by atoms with Crippen molar-refractivity contribution in [2.24, 2.45) is 0 Å². The van der Waals surface area contributed by atoms with Crippen LogP contribution < -0.4 is 0 Å². The van der Waals surface area contributed by atoms with Crippen LogP contribution in [0.1, 0.15) is 20.3 Å². The number of epoxide rings is 1. The van der Waals surface area contributed by atoms with E-state index in [0.717, 1.165) is 6.42 Å². The van der Waals surface area contributed by atoms with Crippen LogP contribution in [0.15, 0.2) is 0 Å². The third kappa shape index (κ3) is 5.32. The third-order valence-corrected chi connectivity index (χ3v) is 2.87. The Bertz CT molecular complexity index is 195. The number of hydrogen-bond acceptors (Lipinski definition) is 1. The fourth-order valence-electron chi connectivity index (χ4n) is 1.70. The SMILES string of the molecule is CC1(C)OC1C[C]1[CH][CH][CH][CH]1.[CH]1[CH][CH][CH][CH]1.[Fe+2]. The van der Waals surface area contributed by atoms with E-state index < -0.39 is 0 Å². The van der Waals surface area contributed by atoms with E-state index in [1.54, 1.807) is 0 Å². The zero-order chi connectivity index (χ0) is 11.4. The summed E-state index contributed by atoms with van der Waals surface area (Å²) in [5, 5.41) is 0. The second-order valence-electron chi connectivity index (χ2n) is 4.67. The minimum Gasteiger partial charge on any atom is -0.367 e. The summed E-state index contributed by atoms with van der Waals surface area (Å²) in [5.74, 6) is 1.39. The molecule has 0 N–H and O–H groups in total. The summed E-state index contributed by atoms with van der Waals surface area (Å²) in [6, 6.07) is 0. The monoisotopic (exact) mass is 270 g/mol. The topological polar surface area (TPSA) is 12.5 Å². The Kier molecular flexibility index (Phi) is 6.55. The van der Waals surface area contributed by atoms with E-state index in [4.69, 9.17) is 4.74 Å². The third-order valence-electron chi connectivity index (χ3n) is 2.87. The van der Waals surface area contributed by atoms with E-state index in [1.165, 1.54) is 5.92 Å². The quantitative estimate of drug-likeness (QED) is 0.555. The maximum absolute atomic E-state index is 5.48. The summed E-state index contributed by atoms with van der Waals surface area (Å²) >= 11 is 0. The normalized spacial score (nSPS) is 30.4. The van der Waals surface area contributed by atoms with Crippen LogP contribution in [0, 0.1) is 63.7 Å². The van der Waals surface area contributed by atoms with Gasteiger partial charge in [-0.3, -0.25) is 0 Å². The van der Waals surface area contributed by atoms with E-state index in [9.17, 15) is 0 Å². The molecule has 90 valence electrons. The smallest absolute Gasteiger partial charge is 0.367 e. The Labute approximate surface area is 118 Å². The van der Waals surface area contributed by atoms with E-state index in [-0.39, 0.29) is 22.7 Å². The second kappa shape index (κ2) is 7.16. The molecule has 3 rings (SSSR count). The van der Waals surface area contributed by atoms with Gasteiger partial charge >= 0.3 is 17.1 Å². The van der Waals surface area contributed by atoms with Gasteiger partial charge in [-0.15, -0.1) is 0 Å². The van der Waals surface area contributed by atoms with Crippen LogP contribution in [0.4, 0.5) is 0 Å². The van der Waals surface area contributed by atoms with Crippen molar-refractivity contribution >= 4 is 0 Å². The van der Waals surface area contributed by atoms with Crippen molar-refractivity contribution in [3.05, 3.63) is 63.7 Å². The van der Waals surface area contributed by atoms with Crippen LogP contribution in [-0.2, 0) is 21.8 Å². The molecule has 1 unspecified atom stereocenters. The van der Waals surface area contributed by atoms with Gasteiger partial charge in [-0.1, -0.05) is 0 Å². The molecule has 1 heterocycles. The molecular weight excluding hydrogens is 252 g/mol. The van der Waals surface area contributed by atoms with Crippen molar-refractivity contribution in [1.29, 1.82) is 0 Å². The molecule has 0 bridgehead atoms. The summed E-state index contributed by atoms with van der Waals surface area (Å²) in [4.78, 5) is 0. The van der Waals surface area contributed by atoms with Gasteiger partial charge in [-0.2, -0.15) is 0 Å². The van der Waals surface area contributed by atoms with Gasteiger partial charge in [0.05, 0.1) is 11.7 Å². The van der Waals surface area contributed by atoms with Gasteiger partial charge in [0.2, 0.25) is 0 Å². The Morgan fingerprint density at radius 2 is 1.35 bits per heavy atom. The molecule has 1 atom stereocenters. The Morgan fingerprint density at radius 3 is 1.71 bits per heavy atom. The van der Waals surface area contributed by atoms with Crippen LogP contribution in [-0.4, -0.2) is 11.7 Å². The first-order chi connectivity index (χ1) is 7.68. The zero-order valence-corrected chi connectivity index (χ0v) is 11.3. The molecule has 1 saturated heterocycles. The minimum atomic E-state index is 0. The van der Waals surface area contributed by atoms with Gasteiger partial charge in [-0.25, -0.2) is 0 Å². The summed E-state index contributed by atoms with van der Waals surface area (Å²) in [6.07, 6.45) is 20.0. The molecule has 3 fully saturated rings. The summed E-state index contributed by atoms with van der Waals surface area (Å²) in [7, 11) is 0. The maximum atomic E-state index is 5.48. The van der Waals surface area contributed by atoms with Gasteiger partial charge in [-0.05, 0) is 84.0 Å². The van der Waals surface area contributed by atoms with Gasteiger partial charge in [0.1, 0.15) is 0 Å². The molecule has 17 heavy (non-hydrogen) atoms. The average molecular weight is 270 g/mol. The molecule has 1 aliphatic heterocycles. The molecular formula is C15H18FeO+2. The molecule has 0 aromatic rings. The Morgan fingerprint density at radius 1 is 0.941 bits per heavy atom. The molecule has 0 amide bonds. The van der Waals surface area contributed by atoms with Crippen LogP contribution in [0.25, 0.3) is 0 Å².